The van der Waals surface area contributed by atoms with Gasteiger partial charge in [0.25, 0.3) is 0 Å². The first-order valence-electron chi connectivity index (χ1n) is 13.4. The predicted octanol–water partition coefficient (Wildman–Crippen LogP) is 6.93. The average molecular weight is 488 g/mol. The summed E-state index contributed by atoms with van der Waals surface area (Å²) in [4.78, 5) is 2.52. The smallest absolute Gasteiger partial charge is 0.127 e. The first kappa shape index (κ1) is 26.2. The van der Waals surface area contributed by atoms with Crippen LogP contribution in [-0.2, 0) is 13.0 Å². The number of phenols is 1. The Morgan fingerprint density at radius 3 is 2.56 bits per heavy atom. The van der Waals surface area contributed by atoms with Gasteiger partial charge >= 0.3 is 0 Å². The van der Waals surface area contributed by atoms with Crippen LogP contribution >= 0.6 is 0 Å². The molecule has 1 atom stereocenters. The minimum atomic E-state index is -0.241. The molecule has 2 aliphatic heterocycles. The van der Waals surface area contributed by atoms with Crippen molar-refractivity contribution >= 4 is 10.8 Å². The molecule has 0 bridgehead atoms. The lowest BCUT2D eigenvalue weighted by Crippen LogP contribution is -2.37. The molecule has 0 aliphatic carbocycles. The second-order valence-corrected chi connectivity index (χ2v) is 11.0. The van der Waals surface area contributed by atoms with E-state index in [4.69, 9.17) is 4.74 Å². The Morgan fingerprint density at radius 1 is 1.00 bits per heavy atom. The van der Waals surface area contributed by atoms with E-state index in [1.54, 1.807) is 0 Å². The van der Waals surface area contributed by atoms with Gasteiger partial charge in [-0.1, -0.05) is 67.8 Å². The van der Waals surface area contributed by atoms with E-state index in [9.17, 15) is 5.11 Å². The molecule has 36 heavy (non-hydrogen) atoms. The van der Waals surface area contributed by atoms with Gasteiger partial charge < -0.3 is 15.3 Å². The lowest BCUT2D eigenvalue weighted by atomic mass is 9.77. The summed E-state index contributed by atoms with van der Waals surface area (Å²) < 4.78 is 6.41. The van der Waals surface area contributed by atoms with E-state index in [1.165, 1.54) is 40.3 Å². The van der Waals surface area contributed by atoms with Gasteiger partial charge in [0.1, 0.15) is 17.1 Å². The quantitative estimate of drug-likeness (QED) is 0.290. The number of phenolic OH excluding ortho intramolecular Hbond substituents is 1. The van der Waals surface area contributed by atoms with Crippen LogP contribution in [0.4, 0.5) is 0 Å². The second-order valence-electron chi connectivity index (χ2n) is 11.0. The van der Waals surface area contributed by atoms with Crippen molar-refractivity contribution in [1.82, 2.24) is 4.90 Å². The molecule has 0 saturated carbocycles. The Hall–Kier alpha value is -2.82. The van der Waals surface area contributed by atoms with Crippen molar-refractivity contribution in [3.8, 4) is 11.5 Å². The summed E-state index contributed by atoms with van der Waals surface area (Å²) >= 11 is 0. The highest BCUT2D eigenvalue weighted by atomic mass is 16.5. The molecule has 192 valence electrons. The van der Waals surface area contributed by atoms with Crippen LogP contribution < -0.4 is 4.74 Å². The highest BCUT2D eigenvalue weighted by Gasteiger charge is 2.38. The molecule has 3 aromatic rings. The molecule has 1 unspecified atom stereocenters. The van der Waals surface area contributed by atoms with E-state index in [-0.39, 0.29) is 17.0 Å². The first-order valence-corrected chi connectivity index (χ1v) is 13.4. The van der Waals surface area contributed by atoms with Gasteiger partial charge in [-0.15, -0.1) is 0 Å². The number of ether oxygens (including phenoxy) is 1. The number of aryl methyl sites for hydroxylation is 1. The van der Waals surface area contributed by atoms with E-state index >= 15 is 0 Å². The van der Waals surface area contributed by atoms with Crippen LogP contribution in [0.5, 0.6) is 11.5 Å². The molecule has 0 amide bonds. The van der Waals surface area contributed by atoms with Crippen LogP contribution in [0.25, 0.3) is 10.8 Å². The third kappa shape index (κ3) is 5.77. The van der Waals surface area contributed by atoms with E-state index in [0.717, 1.165) is 56.6 Å². The number of rotatable bonds is 7. The molecule has 2 aliphatic rings. The predicted molar refractivity (Wildman–Crippen MR) is 149 cm³/mol. The molecule has 4 heteroatoms. The maximum atomic E-state index is 11.1. The summed E-state index contributed by atoms with van der Waals surface area (Å²) in [5, 5.41) is 13.7. The lowest BCUT2D eigenvalue weighted by Gasteiger charge is -2.40. The molecule has 0 aromatic heterocycles. The maximum Gasteiger partial charge on any atom is 0.127 e. The topological polar surface area (TPSA) is 64.2 Å². The summed E-state index contributed by atoms with van der Waals surface area (Å²) in [7, 11) is 0. The molecule has 2 heterocycles. The maximum absolute atomic E-state index is 11.1. The average Bonchev–Trinajstić information content (AvgIpc) is 2.83. The molecule has 0 radical (unpaired) electrons. The Balaban J connectivity index is 0.00000304. The zero-order chi connectivity index (χ0) is 24.4. The Kier molecular flexibility index (Phi) is 8.07. The number of aromatic hydroxyl groups is 1. The van der Waals surface area contributed by atoms with E-state index in [1.807, 2.05) is 6.07 Å². The van der Waals surface area contributed by atoms with Crippen molar-refractivity contribution in [2.24, 2.45) is 0 Å². The van der Waals surface area contributed by atoms with E-state index in [2.05, 4.69) is 80.3 Å². The van der Waals surface area contributed by atoms with E-state index < -0.39 is 0 Å². The summed E-state index contributed by atoms with van der Waals surface area (Å²) in [6.45, 7) is 9.54. The lowest BCUT2D eigenvalue weighted by molar-refractivity contribution is 0.0745. The molecule has 3 aromatic carbocycles. The fourth-order valence-corrected chi connectivity index (χ4v) is 5.86. The Bertz CT molecular complexity index is 1230. The molecule has 5 rings (SSSR count). The number of benzene rings is 3. The standard InChI is InChI=1S/C32H39NO2.H2O/c1-4-5-6-9-23-19-29(34)31-28(21-32(2,3)35-30(31)20-23)26-14-16-33(17-15-26)22-24-12-13-25-10-7-8-11-27(25)18-24;/h7-8,10-14,18-20,28,34H,4-6,9,15-17,21-22H2,1-3H3;1H2. The summed E-state index contributed by atoms with van der Waals surface area (Å²) in [5.41, 5.74) is 4.76. The van der Waals surface area contributed by atoms with Gasteiger partial charge in [0.2, 0.25) is 0 Å². The minimum Gasteiger partial charge on any atom is -0.507 e. The van der Waals surface area contributed by atoms with Gasteiger partial charge in [0.05, 0.1) is 0 Å². The number of hydrogen-bond acceptors (Lipinski definition) is 3. The zero-order valence-corrected chi connectivity index (χ0v) is 22.0. The van der Waals surface area contributed by atoms with Crippen LogP contribution in [-0.4, -0.2) is 34.2 Å². The molecule has 0 spiro atoms. The number of hydrogen-bond donors (Lipinski definition) is 1. The van der Waals surface area contributed by atoms with Crippen molar-refractivity contribution in [1.29, 1.82) is 0 Å². The van der Waals surface area contributed by atoms with Crippen molar-refractivity contribution < 1.29 is 15.3 Å². The summed E-state index contributed by atoms with van der Waals surface area (Å²) in [6, 6.07) is 19.6. The number of nitrogens with zero attached hydrogens (tertiary/aromatic N) is 1. The first-order chi connectivity index (χ1) is 16.9. The fraction of sp³-hybridized carbons (Fsp3) is 0.438. The van der Waals surface area contributed by atoms with Crippen LogP contribution in [0.2, 0.25) is 0 Å². The third-order valence-electron chi connectivity index (χ3n) is 7.68. The number of unbranched alkanes of at least 4 members (excludes halogenated alkanes) is 2. The van der Waals surface area contributed by atoms with Crippen LogP contribution in [0.1, 0.15) is 75.5 Å². The Morgan fingerprint density at radius 2 is 1.81 bits per heavy atom. The SMILES string of the molecule is CCCCCc1cc(O)c2c(c1)OC(C)(C)CC2C1=CCN(Cc2ccc3ccccc3c2)CC1.O. The van der Waals surface area contributed by atoms with Gasteiger partial charge in [-0.05, 0) is 79.6 Å². The van der Waals surface area contributed by atoms with E-state index in [0.29, 0.717) is 5.75 Å². The summed E-state index contributed by atoms with van der Waals surface area (Å²) in [5.74, 6) is 1.52. The molecular formula is C32H41NO3. The molecule has 0 fully saturated rings. The van der Waals surface area contributed by atoms with Gasteiger partial charge in [-0.3, -0.25) is 4.90 Å². The molecule has 4 nitrogen and oxygen atoms in total. The van der Waals surface area contributed by atoms with Crippen LogP contribution in [0, 0.1) is 0 Å². The van der Waals surface area contributed by atoms with Crippen molar-refractivity contribution in [2.75, 3.05) is 13.1 Å². The highest BCUT2D eigenvalue weighted by molar-refractivity contribution is 5.82. The normalized spacial score (nSPS) is 19.2. The zero-order valence-electron chi connectivity index (χ0n) is 22.0. The van der Waals surface area contributed by atoms with Gasteiger partial charge in [-0.2, -0.15) is 0 Å². The molecule has 3 N–H and O–H groups in total. The summed E-state index contributed by atoms with van der Waals surface area (Å²) in [6.07, 6.45) is 8.92. The largest absolute Gasteiger partial charge is 0.507 e. The van der Waals surface area contributed by atoms with Gasteiger partial charge in [0, 0.05) is 31.1 Å². The third-order valence-corrected chi connectivity index (χ3v) is 7.68. The number of fused-ring (bicyclic) bond motifs is 2. The molecular weight excluding hydrogens is 446 g/mol. The van der Waals surface area contributed by atoms with Gasteiger partial charge in [0.15, 0.2) is 0 Å². The monoisotopic (exact) mass is 487 g/mol. The highest BCUT2D eigenvalue weighted by Crippen LogP contribution is 2.50. The second kappa shape index (κ2) is 11.1. The molecule has 0 saturated heterocycles. The minimum absolute atomic E-state index is 0. The van der Waals surface area contributed by atoms with Gasteiger partial charge in [-0.25, -0.2) is 0 Å². The van der Waals surface area contributed by atoms with Crippen LogP contribution in [0.15, 0.2) is 66.2 Å². The Labute approximate surface area is 215 Å². The van der Waals surface area contributed by atoms with Crippen molar-refractivity contribution in [2.45, 2.75) is 77.4 Å². The van der Waals surface area contributed by atoms with Crippen LogP contribution in [0.3, 0.4) is 0 Å². The van der Waals surface area contributed by atoms with Crippen molar-refractivity contribution in [3.63, 3.8) is 0 Å². The van der Waals surface area contributed by atoms with Crippen molar-refractivity contribution in [3.05, 3.63) is 82.9 Å². The fourth-order valence-electron chi connectivity index (χ4n) is 5.86.